The number of nitrogens with one attached hydrogen (secondary N) is 2. The van der Waals surface area contributed by atoms with E-state index in [0.717, 1.165) is 36.8 Å². The smallest absolute Gasteiger partial charge is 0.344 e. The van der Waals surface area contributed by atoms with Crippen LogP contribution in [0.4, 0.5) is 4.79 Å². The second-order valence-electron chi connectivity index (χ2n) is 7.58. The van der Waals surface area contributed by atoms with Crippen molar-refractivity contribution in [1.82, 2.24) is 10.6 Å². The second-order valence-corrected chi connectivity index (χ2v) is 7.58. The number of benzene rings is 2. The number of hydrogen-bond acceptors (Lipinski definition) is 5. The highest BCUT2D eigenvalue weighted by Crippen LogP contribution is 2.29. The Balaban J connectivity index is 1.46. The molecule has 1 aliphatic rings. The summed E-state index contributed by atoms with van der Waals surface area (Å²) in [5.74, 6) is -0.834. The number of para-hydroxylation sites is 1. The largest absolute Gasteiger partial charge is 0.481 e. The van der Waals surface area contributed by atoms with Crippen LogP contribution in [0.3, 0.4) is 0 Å². The number of hydrogen-bond donors (Lipinski definition) is 2. The summed E-state index contributed by atoms with van der Waals surface area (Å²) in [6.45, 7) is 1.06. The fourth-order valence-electron chi connectivity index (χ4n) is 3.55. The zero-order chi connectivity index (χ0) is 22.1. The minimum Gasteiger partial charge on any atom is -0.481 e. The van der Waals surface area contributed by atoms with Crippen LogP contribution in [0.5, 0.6) is 5.75 Å². The molecule has 0 aliphatic heterocycles. The highest BCUT2D eigenvalue weighted by molar-refractivity contribution is 5.97. The lowest BCUT2D eigenvalue weighted by atomic mass is 9.96. The lowest BCUT2D eigenvalue weighted by Gasteiger charge is -2.23. The highest BCUT2D eigenvalue weighted by Gasteiger charge is 2.22. The van der Waals surface area contributed by atoms with Gasteiger partial charge in [0.1, 0.15) is 5.75 Å². The first kappa shape index (κ1) is 22.3. The molecule has 0 bridgehead atoms. The minimum absolute atomic E-state index is 0.0810. The second kappa shape index (κ2) is 11.2. The Morgan fingerprint density at radius 2 is 1.65 bits per heavy atom. The number of esters is 1. The van der Waals surface area contributed by atoms with Gasteiger partial charge in [0.15, 0.2) is 12.7 Å². The molecule has 2 aromatic carbocycles. The Labute approximate surface area is 182 Å². The van der Waals surface area contributed by atoms with Crippen molar-refractivity contribution in [3.63, 3.8) is 0 Å². The van der Waals surface area contributed by atoms with Gasteiger partial charge in [-0.2, -0.15) is 0 Å². The molecule has 0 aromatic heterocycles. The molecule has 7 heteroatoms. The summed E-state index contributed by atoms with van der Waals surface area (Å²) in [6.07, 6.45) is 4.02. The monoisotopic (exact) mass is 424 g/mol. The van der Waals surface area contributed by atoms with Gasteiger partial charge in [-0.15, -0.1) is 0 Å². The Hall–Kier alpha value is -3.35. The van der Waals surface area contributed by atoms with Gasteiger partial charge in [0.05, 0.1) is 0 Å². The highest BCUT2D eigenvalue weighted by atomic mass is 16.6. The lowest BCUT2D eigenvalue weighted by molar-refractivity contribution is -0.156. The van der Waals surface area contributed by atoms with Crippen LogP contribution < -0.4 is 15.4 Å². The molecule has 3 rings (SSSR count). The SMILES string of the molecule is C[C@H](OC(=O)COc1ccccc1-c1ccccc1)C(=O)NC(=O)NC1CCCCC1. The van der Waals surface area contributed by atoms with Crippen LogP contribution in [0, 0.1) is 0 Å². The molecular formula is C24H28N2O5. The predicted molar refractivity (Wildman–Crippen MR) is 116 cm³/mol. The van der Waals surface area contributed by atoms with E-state index in [0.29, 0.717) is 5.75 Å². The molecule has 1 aliphatic carbocycles. The van der Waals surface area contributed by atoms with E-state index >= 15 is 0 Å². The fraction of sp³-hybridized carbons (Fsp3) is 0.375. The molecule has 2 aromatic rings. The Bertz CT molecular complexity index is 894. The van der Waals surface area contributed by atoms with Crippen molar-refractivity contribution in [1.29, 1.82) is 0 Å². The molecule has 0 spiro atoms. The van der Waals surface area contributed by atoms with Crippen molar-refractivity contribution in [3.05, 3.63) is 54.6 Å². The number of imide groups is 1. The molecule has 0 unspecified atom stereocenters. The zero-order valence-electron chi connectivity index (χ0n) is 17.6. The number of carbonyl (C=O) groups is 3. The average Bonchev–Trinajstić information content (AvgIpc) is 2.79. The van der Waals surface area contributed by atoms with E-state index < -0.39 is 24.0 Å². The summed E-state index contributed by atoms with van der Waals surface area (Å²) in [6, 6.07) is 16.6. The van der Waals surface area contributed by atoms with Crippen molar-refractivity contribution < 1.29 is 23.9 Å². The molecule has 31 heavy (non-hydrogen) atoms. The molecule has 2 N–H and O–H groups in total. The third-order valence-corrected chi connectivity index (χ3v) is 5.17. The van der Waals surface area contributed by atoms with Crippen LogP contribution in [0.25, 0.3) is 11.1 Å². The van der Waals surface area contributed by atoms with Crippen molar-refractivity contribution in [2.45, 2.75) is 51.2 Å². The van der Waals surface area contributed by atoms with E-state index in [1.54, 1.807) is 6.07 Å². The van der Waals surface area contributed by atoms with Crippen LogP contribution in [-0.2, 0) is 14.3 Å². The number of amides is 3. The van der Waals surface area contributed by atoms with E-state index in [4.69, 9.17) is 9.47 Å². The third kappa shape index (κ3) is 6.84. The van der Waals surface area contributed by atoms with E-state index in [9.17, 15) is 14.4 Å². The Morgan fingerprint density at radius 3 is 2.39 bits per heavy atom. The number of carbonyl (C=O) groups excluding carboxylic acids is 3. The number of ether oxygens (including phenoxy) is 2. The molecule has 1 atom stereocenters. The Kier molecular flexibility index (Phi) is 8.04. The van der Waals surface area contributed by atoms with Crippen LogP contribution in [0.2, 0.25) is 0 Å². The molecule has 0 radical (unpaired) electrons. The molecule has 164 valence electrons. The summed E-state index contributed by atoms with van der Waals surface area (Å²) >= 11 is 0. The van der Waals surface area contributed by atoms with Crippen molar-refractivity contribution in [3.8, 4) is 16.9 Å². The maximum Gasteiger partial charge on any atom is 0.344 e. The van der Waals surface area contributed by atoms with Gasteiger partial charge >= 0.3 is 12.0 Å². The molecule has 3 amide bonds. The third-order valence-electron chi connectivity index (χ3n) is 5.17. The summed E-state index contributed by atoms with van der Waals surface area (Å²) < 4.78 is 10.7. The van der Waals surface area contributed by atoms with Crippen molar-refractivity contribution in [2.24, 2.45) is 0 Å². The van der Waals surface area contributed by atoms with E-state index in [1.807, 2.05) is 48.5 Å². The van der Waals surface area contributed by atoms with Crippen molar-refractivity contribution in [2.75, 3.05) is 6.61 Å². The van der Waals surface area contributed by atoms with Gasteiger partial charge in [0, 0.05) is 11.6 Å². The molecule has 1 saturated carbocycles. The quantitative estimate of drug-likeness (QED) is 0.659. The molecular weight excluding hydrogens is 396 g/mol. The number of urea groups is 1. The first-order valence-corrected chi connectivity index (χ1v) is 10.6. The molecule has 0 saturated heterocycles. The standard InChI is InChI=1S/C24H28N2O5/c1-17(23(28)26-24(29)25-19-12-6-3-7-13-19)31-22(27)16-30-21-15-9-8-14-20(21)18-10-4-2-5-11-18/h2,4-5,8-11,14-15,17,19H,3,6-7,12-13,16H2,1H3,(H2,25,26,28,29)/t17-/m0/s1. The lowest BCUT2D eigenvalue weighted by Crippen LogP contribution is -2.48. The van der Waals surface area contributed by atoms with E-state index in [-0.39, 0.29) is 12.6 Å². The van der Waals surface area contributed by atoms with Crippen LogP contribution in [0.15, 0.2) is 54.6 Å². The normalized spacial score (nSPS) is 14.9. The molecule has 1 fully saturated rings. The zero-order valence-corrected chi connectivity index (χ0v) is 17.6. The molecule has 0 heterocycles. The summed E-state index contributed by atoms with van der Waals surface area (Å²) in [5.41, 5.74) is 1.81. The Morgan fingerprint density at radius 1 is 0.968 bits per heavy atom. The molecule has 7 nitrogen and oxygen atoms in total. The van der Waals surface area contributed by atoms with Gasteiger partial charge in [-0.05, 0) is 31.4 Å². The number of rotatable bonds is 7. The topological polar surface area (TPSA) is 93.7 Å². The van der Waals surface area contributed by atoms with Gasteiger partial charge in [0.25, 0.3) is 5.91 Å². The van der Waals surface area contributed by atoms with E-state index in [1.165, 1.54) is 13.3 Å². The van der Waals surface area contributed by atoms with Crippen LogP contribution >= 0.6 is 0 Å². The summed E-state index contributed by atoms with van der Waals surface area (Å²) in [5, 5.41) is 5.02. The minimum atomic E-state index is -1.11. The predicted octanol–water partition coefficient (Wildman–Crippen LogP) is 3.82. The fourth-order valence-corrected chi connectivity index (χ4v) is 3.55. The van der Waals surface area contributed by atoms with Gasteiger partial charge in [-0.3, -0.25) is 10.1 Å². The van der Waals surface area contributed by atoms with Gasteiger partial charge in [-0.1, -0.05) is 67.8 Å². The van der Waals surface area contributed by atoms with E-state index in [2.05, 4.69) is 10.6 Å². The summed E-state index contributed by atoms with van der Waals surface area (Å²) in [7, 11) is 0. The maximum absolute atomic E-state index is 12.2. The van der Waals surface area contributed by atoms with Gasteiger partial charge in [-0.25, -0.2) is 9.59 Å². The maximum atomic E-state index is 12.2. The van der Waals surface area contributed by atoms with Crippen LogP contribution in [-0.4, -0.2) is 36.7 Å². The average molecular weight is 424 g/mol. The first-order chi connectivity index (χ1) is 15.0. The van der Waals surface area contributed by atoms with Crippen molar-refractivity contribution >= 4 is 17.9 Å². The van der Waals surface area contributed by atoms with Gasteiger partial charge in [0.2, 0.25) is 0 Å². The summed E-state index contributed by atoms with van der Waals surface area (Å²) in [4.78, 5) is 36.3. The first-order valence-electron chi connectivity index (χ1n) is 10.6. The van der Waals surface area contributed by atoms with Gasteiger partial charge < -0.3 is 14.8 Å². The van der Waals surface area contributed by atoms with Crippen LogP contribution in [0.1, 0.15) is 39.0 Å².